The van der Waals surface area contributed by atoms with E-state index in [1.165, 1.54) is 0 Å². The first-order chi connectivity index (χ1) is 4.74. The van der Waals surface area contributed by atoms with Crippen molar-refractivity contribution in [2.75, 3.05) is 0 Å². The largest absolute Gasteiger partial charge is 0.292 e. The highest BCUT2D eigenvalue weighted by Crippen LogP contribution is 1.97. The summed E-state index contributed by atoms with van der Waals surface area (Å²) in [6, 6.07) is 1.73. The van der Waals surface area contributed by atoms with Crippen LogP contribution in [0.2, 0.25) is 0 Å². The van der Waals surface area contributed by atoms with Gasteiger partial charge in [-0.2, -0.15) is 5.10 Å². The molecule has 0 aliphatic carbocycles. The fourth-order valence-corrected chi connectivity index (χ4v) is 0.745. The first-order valence-electron chi connectivity index (χ1n) is 3.27. The van der Waals surface area contributed by atoms with Crippen molar-refractivity contribution in [3.05, 3.63) is 18.0 Å². The number of aromatic nitrogens is 2. The standard InChI is InChI=1S/C7H10N2O/c1-3-7(10)6-4-5-9(2)8-6/h4-5H,3H2,1-2H3. The number of hydrogen-bond acceptors (Lipinski definition) is 2. The quantitative estimate of drug-likeness (QED) is 0.572. The molecule has 0 spiro atoms. The van der Waals surface area contributed by atoms with Gasteiger partial charge in [-0.3, -0.25) is 9.48 Å². The lowest BCUT2D eigenvalue weighted by Gasteiger charge is -1.87. The molecule has 0 bridgehead atoms. The van der Waals surface area contributed by atoms with Crippen LogP contribution in [0.5, 0.6) is 0 Å². The average Bonchev–Trinajstić information content (AvgIpc) is 2.34. The summed E-state index contributed by atoms with van der Waals surface area (Å²) in [7, 11) is 1.80. The smallest absolute Gasteiger partial charge is 0.182 e. The lowest BCUT2D eigenvalue weighted by Crippen LogP contribution is -1.98. The first kappa shape index (κ1) is 6.99. The molecule has 0 amide bonds. The van der Waals surface area contributed by atoms with E-state index in [2.05, 4.69) is 5.10 Å². The Balaban J connectivity index is 2.85. The molecular weight excluding hydrogens is 128 g/mol. The van der Waals surface area contributed by atoms with Crippen LogP contribution in [0.25, 0.3) is 0 Å². The Labute approximate surface area is 59.7 Å². The zero-order valence-corrected chi connectivity index (χ0v) is 6.16. The van der Waals surface area contributed by atoms with E-state index in [1.807, 2.05) is 6.92 Å². The minimum atomic E-state index is 0.0978. The SMILES string of the molecule is CCC(=O)c1ccn(C)n1. The predicted octanol–water partition coefficient (Wildman–Crippen LogP) is 1.01. The summed E-state index contributed by atoms with van der Waals surface area (Å²) in [4.78, 5) is 11.0. The van der Waals surface area contributed by atoms with Crippen molar-refractivity contribution in [1.29, 1.82) is 0 Å². The minimum Gasteiger partial charge on any atom is -0.292 e. The molecule has 0 unspecified atom stereocenters. The van der Waals surface area contributed by atoms with Gasteiger partial charge in [-0.15, -0.1) is 0 Å². The number of Topliss-reactive ketones (excluding diaryl/α,β-unsaturated/α-hetero) is 1. The second kappa shape index (κ2) is 2.64. The summed E-state index contributed by atoms with van der Waals surface area (Å²) in [5.41, 5.74) is 0.560. The van der Waals surface area contributed by atoms with Crippen LogP contribution < -0.4 is 0 Å². The number of hydrogen-bond donors (Lipinski definition) is 0. The Morgan fingerprint density at radius 3 is 2.90 bits per heavy atom. The molecule has 3 nitrogen and oxygen atoms in total. The number of nitrogens with zero attached hydrogens (tertiary/aromatic N) is 2. The van der Waals surface area contributed by atoms with Gasteiger partial charge in [-0.25, -0.2) is 0 Å². The summed E-state index contributed by atoms with van der Waals surface area (Å²) in [5.74, 6) is 0.0978. The van der Waals surface area contributed by atoms with Crippen LogP contribution in [0, 0.1) is 0 Å². The van der Waals surface area contributed by atoms with Gasteiger partial charge < -0.3 is 0 Å². The highest BCUT2D eigenvalue weighted by atomic mass is 16.1. The Kier molecular flexibility index (Phi) is 1.85. The molecule has 1 aromatic heterocycles. The van der Waals surface area contributed by atoms with Gasteiger partial charge in [0.1, 0.15) is 5.69 Å². The fourth-order valence-electron chi connectivity index (χ4n) is 0.745. The Morgan fingerprint density at radius 1 is 1.80 bits per heavy atom. The van der Waals surface area contributed by atoms with Crippen LogP contribution in [0.3, 0.4) is 0 Å². The second-order valence-corrected chi connectivity index (χ2v) is 2.15. The summed E-state index contributed by atoms with van der Waals surface area (Å²) < 4.78 is 1.63. The molecule has 0 saturated heterocycles. The highest BCUT2D eigenvalue weighted by Gasteiger charge is 2.03. The van der Waals surface area contributed by atoms with E-state index in [-0.39, 0.29) is 5.78 Å². The maximum absolute atomic E-state index is 11.0. The lowest BCUT2D eigenvalue weighted by molar-refractivity contribution is 0.0982. The number of aryl methyl sites for hydroxylation is 1. The van der Waals surface area contributed by atoms with Gasteiger partial charge in [0, 0.05) is 19.7 Å². The van der Waals surface area contributed by atoms with Gasteiger partial charge in [-0.1, -0.05) is 6.92 Å². The molecule has 54 valence electrons. The van der Waals surface area contributed by atoms with Crippen molar-refractivity contribution < 1.29 is 4.79 Å². The van der Waals surface area contributed by atoms with Gasteiger partial charge in [0.15, 0.2) is 5.78 Å². The van der Waals surface area contributed by atoms with Crippen LogP contribution in [0.1, 0.15) is 23.8 Å². The number of carbonyl (C=O) groups is 1. The van der Waals surface area contributed by atoms with Crippen LogP contribution >= 0.6 is 0 Å². The maximum Gasteiger partial charge on any atom is 0.182 e. The summed E-state index contributed by atoms with van der Waals surface area (Å²) in [5, 5.41) is 3.95. The van der Waals surface area contributed by atoms with Crippen molar-refractivity contribution in [2.45, 2.75) is 13.3 Å². The topological polar surface area (TPSA) is 34.9 Å². The van der Waals surface area contributed by atoms with E-state index in [9.17, 15) is 4.79 Å². The lowest BCUT2D eigenvalue weighted by atomic mass is 10.2. The van der Waals surface area contributed by atoms with Crippen molar-refractivity contribution in [2.24, 2.45) is 7.05 Å². The molecule has 0 saturated carbocycles. The maximum atomic E-state index is 11.0. The second-order valence-electron chi connectivity index (χ2n) is 2.15. The normalized spacial score (nSPS) is 9.80. The van der Waals surface area contributed by atoms with Gasteiger partial charge >= 0.3 is 0 Å². The molecule has 1 heterocycles. The molecule has 0 aliphatic heterocycles. The Hall–Kier alpha value is -1.12. The number of ketones is 1. The van der Waals surface area contributed by atoms with E-state index in [1.54, 1.807) is 24.0 Å². The van der Waals surface area contributed by atoms with Crippen molar-refractivity contribution in [1.82, 2.24) is 9.78 Å². The van der Waals surface area contributed by atoms with Gasteiger partial charge in [-0.05, 0) is 6.07 Å². The highest BCUT2D eigenvalue weighted by molar-refractivity contribution is 5.93. The number of carbonyl (C=O) groups excluding carboxylic acids is 1. The Morgan fingerprint density at radius 2 is 2.50 bits per heavy atom. The zero-order chi connectivity index (χ0) is 7.56. The number of rotatable bonds is 2. The van der Waals surface area contributed by atoms with Crippen molar-refractivity contribution in [3.63, 3.8) is 0 Å². The van der Waals surface area contributed by atoms with E-state index in [0.29, 0.717) is 12.1 Å². The minimum absolute atomic E-state index is 0.0978. The molecule has 0 radical (unpaired) electrons. The molecular formula is C7H10N2O. The summed E-state index contributed by atoms with van der Waals surface area (Å²) in [6.07, 6.45) is 2.29. The fraction of sp³-hybridized carbons (Fsp3) is 0.429. The third kappa shape index (κ3) is 1.23. The van der Waals surface area contributed by atoms with E-state index in [4.69, 9.17) is 0 Å². The van der Waals surface area contributed by atoms with Crippen molar-refractivity contribution >= 4 is 5.78 Å². The molecule has 3 heteroatoms. The van der Waals surface area contributed by atoms with Crippen LogP contribution in [-0.2, 0) is 7.05 Å². The first-order valence-corrected chi connectivity index (χ1v) is 3.27. The third-order valence-electron chi connectivity index (χ3n) is 1.32. The average molecular weight is 138 g/mol. The molecule has 10 heavy (non-hydrogen) atoms. The molecule has 0 aliphatic rings. The molecule has 1 aromatic rings. The van der Waals surface area contributed by atoms with Crippen molar-refractivity contribution in [3.8, 4) is 0 Å². The van der Waals surface area contributed by atoms with E-state index >= 15 is 0 Å². The Bertz CT molecular complexity index is 240. The third-order valence-corrected chi connectivity index (χ3v) is 1.32. The van der Waals surface area contributed by atoms with E-state index in [0.717, 1.165) is 0 Å². The summed E-state index contributed by atoms with van der Waals surface area (Å²) >= 11 is 0. The molecule has 0 fully saturated rings. The molecule has 0 atom stereocenters. The van der Waals surface area contributed by atoms with Gasteiger partial charge in [0.25, 0.3) is 0 Å². The summed E-state index contributed by atoms with van der Waals surface area (Å²) in [6.45, 7) is 1.83. The van der Waals surface area contributed by atoms with Gasteiger partial charge in [0.05, 0.1) is 0 Å². The molecule has 0 N–H and O–H groups in total. The zero-order valence-electron chi connectivity index (χ0n) is 6.16. The van der Waals surface area contributed by atoms with E-state index < -0.39 is 0 Å². The van der Waals surface area contributed by atoms with Crippen LogP contribution in [-0.4, -0.2) is 15.6 Å². The van der Waals surface area contributed by atoms with Crippen LogP contribution in [0.15, 0.2) is 12.3 Å². The molecule has 1 rings (SSSR count). The monoisotopic (exact) mass is 138 g/mol. The van der Waals surface area contributed by atoms with Crippen LogP contribution in [0.4, 0.5) is 0 Å². The molecule has 0 aromatic carbocycles. The predicted molar refractivity (Wildman–Crippen MR) is 37.8 cm³/mol. The van der Waals surface area contributed by atoms with Gasteiger partial charge in [0.2, 0.25) is 0 Å².